The first-order chi connectivity index (χ1) is 9.06. The first kappa shape index (κ1) is 13.3. The van der Waals surface area contributed by atoms with E-state index in [1.165, 1.54) is 0 Å². The summed E-state index contributed by atoms with van der Waals surface area (Å²) in [6.45, 7) is 3.62. The molecule has 1 heterocycles. The molecular weight excluding hydrogens is 244 g/mol. The molecule has 100 valence electrons. The number of amides is 1. The van der Waals surface area contributed by atoms with Crippen LogP contribution < -0.4 is 5.43 Å². The molecule has 0 atom stereocenters. The minimum atomic E-state index is -0.333. The summed E-state index contributed by atoms with van der Waals surface area (Å²) >= 11 is 0. The molecule has 5 heteroatoms. The lowest BCUT2D eigenvalue weighted by Crippen LogP contribution is -2.25. The fourth-order valence-corrected chi connectivity index (χ4v) is 1.76. The Kier molecular flexibility index (Phi) is 3.94. The summed E-state index contributed by atoms with van der Waals surface area (Å²) < 4.78 is 5.11. The second kappa shape index (κ2) is 5.65. The van der Waals surface area contributed by atoms with E-state index in [1.54, 1.807) is 12.1 Å². The first-order valence-corrected chi connectivity index (χ1v) is 6.23. The molecule has 0 bridgehead atoms. The van der Waals surface area contributed by atoms with Crippen molar-refractivity contribution in [2.24, 2.45) is 5.10 Å². The SMILES string of the molecule is CC(C)OC(=O)c1ccc(C2=NNC(=O)CC2)cc1. The Balaban J connectivity index is 2.10. The van der Waals surface area contributed by atoms with Crippen molar-refractivity contribution in [2.75, 3.05) is 0 Å². The molecule has 0 fully saturated rings. The van der Waals surface area contributed by atoms with Crippen molar-refractivity contribution < 1.29 is 14.3 Å². The van der Waals surface area contributed by atoms with Gasteiger partial charge in [0.05, 0.1) is 17.4 Å². The Bertz CT molecular complexity index is 518. The van der Waals surface area contributed by atoms with Crippen molar-refractivity contribution in [1.29, 1.82) is 0 Å². The Hall–Kier alpha value is -2.17. The third-order valence-electron chi connectivity index (χ3n) is 2.70. The normalized spacial score (nSPS) is 14.9. The van der Waals surface area contributed by atoms with Crippen LogP contribution in [0.25, 0.3) is 0 Å². The van der Waals surface area contributed by atoms with E-state index in [0.717, 1.165) is 11.3 Å². The molecule has 2 rings (SSSR count). The molecule has 19 heavy (non-hydrogen) atoms. The minimum absolute atomic E-state index is 0.0686. The first-order valence-electron chi connectivity index (χ1n) is 6.23. The fourth-order valence-electron chi connectivity index (χ4n) is 1.76. The summed E-state index contributed by atoms with van der Waals surface area (Å²) in [6, 6.07) is 7.04. The standard InChI is InChI=1S/C14H16N2O3/c1-9(2)19-14(18)11-5-3-10(4-6-11)12-7-8-13(17)16-15-12/h3-6,9H,7-8H2,1-2H3,(H,16,17). The molecule has 1 aliphatic rings. The highest BCUT2D eigenvalue weighted by Gasteiger charge is 2.14. The molecule has 0 unspecified atom stereocenters. The van der Waals surface area contributed by atoms with Gasteiger partial charge < -0.3 is 4.74 Å². The summed E-state index contributed by atoms with van der Waals surface area (Å²) in [4.78, 5) is 22.7. The van der Waals surface area contributed by atoms with Crippen LogP contribution in [0.3, 0.4) is 0 Å². The van der Waals surface area contributed by atoms with E-state index in [0.29, 0.717) is 18.4 Å². The van der Waals surface area contributed by atoms with Gasteiger partial charge in [-0.15, -0.1) is 0 Å². The van der Waals surface area contributed by atoms with E-state index >= 15 is 0 Å². The van der Waals surface area contributed by atoms with Crippen LogP contribution in [0.2, 0.25) is 0 Å². The number of ether oxygens (including phenoxy) is 1. The highest BCUT2D eigenvalue weighted by molar-refractivity contribution is 6.04. The van der Waals surface area contributed by atoms with E-state index in [9.17, 15) is 9.59 Å². The van der Waals surface area contributed by atoms with E-state index in [2.05, 4.69) is 10.5 Å². The highest BCUT2D eigenvalue weighted by atomic mass is 16.5. The molecular formula is C14H16N2O3. The van der Waals surface area contributed by atoms with Gasteiger partial charge in [0.1, 0.15) is 0 Å². The maximum Gasteiger partial charge on any atom is 0.338 e. The maximum absolute atomic E-state index is 11.7. The number of hydrogen-bond acceptors (Lipinski definition) is 4. The highest BCUT2D eigenvalue weighted by Crippen LogP contribution is 2.12. The molecule has 0 saturated carbocycles. The van der Waals surface area contributed by atoms with Crippen molar-refractivity contribution in [3.8, 4) is 0 Å². The smallest absolute Gasteiger partial charge is 0.338 e. The topological polar surface area (TPSA) is 67.8 Å². The van der Waals surface area contributed by atoms with E-state index < -0.39 is 0 Å². The van der Waals surface area contributed by atoms with Gasteiger partial charge in [0.2, 0.25) is 5.91 Å². The van der Waals surface area contributed by atoms with Crippen molar-refractivity contribution in [3.05, 3.63) is 35.4 Å². The molecule has 1 aromatic rings. The molecule has 0 radical (unpaired) electrons. The molecule has 1 aliphatic heterocycles. The minimum Gasteiger partial charge on any atom is -0.459 e. The lowest BCUT2D eigenvalue weighted by Gasteiger charge is -2.12. The Labute approximate surface area is 111 Å². The van der Waals surface area contributed by atoms with Gasteiger partial charge in [-0.3, -0.25) is 4.79 Å². The van der Waals surface area contributed by atoms with Crippen LogP contribution in [0.15, 0.2) is 29.4 Å². The van der Waals surface area contributed by atoms with Crippen LogP contribution in [0.4, 0.5) is 0 Å². The maximum atomic E-state index is 11.7. The number of carbonyl (C=O) groups excluding carboxylic acids is 2. The van der Waals surface area contributed by atoms with Crippen LogP contribution in [0.1, 0.15) is 42.6 Å². The molecule has 0 spiro atoms. The van der Waals surface area contributed by atoms with Gasteiger partial charge in [-0.1, -0.05) is 12.1 Å². The molecule has 1 aromatic carbocycles. The van der Waals surface area contributed by atoms with Crippen LogP contribution in [0, 0.1) is 0 Å². The van der Waals surface area contributed by atoms with Crippen LogP contribution in [-0.2, 0) is 9.53 Å². The molecule has 0 aromatic heterocycles. The Morgan fingerprint density at radius 3 is 2.47 bits per heavy atom. The number of esters is 1. The van der Waals surface area contributed by atoms with Gasteiger partial charge in [-0.05, 0) is 31.5 Å². The number of nitrogens with one attached hydrogen (secondary N) is 1. The van der Waals surface area contributed by atoms with Crippen LogP contribution >= 0.6 is 0 Å². The van der Waals surface area contributed by atoms with Crippen LogP contribution in [0.5, 0.6) is 0 Å². The predicted molar refractivity (Wildman–Crippen MR) is 70.9 cm³/mol. The lowest BCUT2D eigenvalue weighted by molar-refractivity contribution is -0.121. The quantitative estimate of drug-likeness (QED) is 0.843. The summed E-state index contributed by atoms with van der Waals surface area (Å²) in [5.74, 6) is -0.402. The van der Waals surface area contributed by atoms with Gasteiger partial charge in [0.15, 0.2) is 0 Å². The zero-order chi connectivity index (χ0) is 13.8. The summed E-state index contributed by atoms with van der Waals surface area (Å²) in [6.07, 6.45) is 0.919. The molecule has 1 N–H and O–H groups in total. The summed E-state index contributed by atoms with van der Waals surface area (Å²) in [7, 11) is 0. The molecule has 5 nitrogen and oxygen atoms in total. The fraction of sp³-hybridized carbons (Fsp3) is 0.357. The monoisotopic (exact) mass is 260 g/mol. The Morgan fingerprint density at radius 1 is 1.26 bits per heavy atom. The summed E-state index contributed by atoms with van der Waals surface area (Å²) in [5, 5.41) is 4.00. The van der Waals surface area contributed by atoms with E-state index in [-0.39, 0.29) is 18.0 Å². The van der Waals surface area contributed by atoms with Crippen molar-refractivity contribution in [2.45, 2.75) is 32.8 Å². The van der Waals surface area contributed by atoms with Gasteiger partial charge in [-0.25, -0.2) is 10.2 Å². The zero-order valence-electron chi connectivity index (χ0n) is 11.0. The summed E-state index contributed by atoms with van der Waals surface area (Å²) in [5.41, 5.74) is 4.69. The number of rotatable bonds is 3. The second-order valence-electron chi connectivity index (χ2n) is 4.62. The van der Waals surface area contributed by atoms with Gasteiger partial charge in [0.25, 0.3) is 0 Å². The third-order valence-corrected chi connectivity index (χ3v) is 2.70. The average Bonchev–Trinajstić information content (AvgIpc) is 2.39. The van der Waals surface area contributed by atoms with E-state index in [1.807, 2.05) is 26.0 Å². The molecule has 0 aliphatic carbocycles. The third kappa shape index (κ3) is 3.40. The Morgan fingerprint density at radius 2 is 1.95 bits per heavy atom. The number of benzene rings is 1. The second-order valence-corrected chi connectivity index (χ2v) is 4.62. The van der Waals surface area contributed by atoms with Gasteiger partial charge in [0, 0.05) is 12.8 Å². The van der Waals surface area contributed by atoms with Crippen molar-refractivity contribution in [3.63, 3.8) is 0 Å². The van der Waals surface area contributed by atoms with Gasteiger partial charge >= 0.3 is 5.97 Å². The lowest BCUT2D eigenvalue weighted by atomic mass is 10.0. The van der Waals surface area contributed by atoms with E-state index in [4.69, 9.17) is 4.74 Å². The van der Waals surface area contributed by atoms with Crippen LogP contribution in [-0.4, -0.2) is 23.7 Å². The largest absolute Gasteiger partial charge is 0.459 e. The zero-order valence-corrected chi connectivity index (χ0v) is 11.0. The molecule has 0 saturated heterocycles. The predicted octanol–water partition coefficient (Wildman–Crippen LogP) is 1.87. The van der Waals surface area contributed by atoms with Crippen molar-refractivity contribution >= 4 is 17.6 Å². The number of carbonyl (C=O) groups is 2. The van der Waals surface area contributed by atoms with Crippen molar-refractivity contribution in [1.82, 2.24) is 5.43 Å². The van der Waals surface area contributed by atoms with Gasteiger partial charge in [-0.2, -0.15) is 5.10 Å². The molecule has 1 amide bonds. The average molecular weight is 260 g/mol. The number of nitrogens with zero attached hydrogens (tertiary/aromatic N) is 1. The number of hydrazone groups is 1. The number of hydrogen-bond donors (Lipinski definition) is 1.